The Labute approximate surface area is 103 Å². The van der Waals surface area contributed by atoms with Crippen molar-refractivity contribution in [2.45, 2.75) is 32.5 Å². The van der Waals surface area contributed by atoms with E-state index < -0.39 is 0 Å². The molecule has 1 aliphatic rings. The number of morpholine rings is 1. The lowest BCUT2D eigenvalue weighted by molar-refractivity contribution is 0.0343. The summed E-state index contributed by atoms with van der Waals surface area (Å²) in [5.74, 6) is 0. The van der Waals surface area contributed by atoms with E-state index in [1.54, 1.807) is 0 Å². The first-order valence-corrected chi connectivity index (χ1v) is 6.18. The Morgan fingerprint density at radius 2 is 2.35 bits per heavy atom. The zero-order chi connectivity index (χ0) is 12.3. The fourth-order valence-electron chi connectivity index (χ4n) is 2.25. The zero-order valence-electron chi connectivity index (χ0n) is 10.8. The van der Waals surface area contributed by atoms with Gasteiger partial charge in [0.1, 0.15) is 0 Å². The van der Waals surface area contributed by atoms with Gasteiger partial charge in [0.15, 0.2) is 0 Å². The third kappa shape index (κ3) is 2.76. The van der Waals surface area contributed by atoms with E-state index in [0.717, 1.165) is 19.7 Å². The average molecular weight is 235 g/mol. The van der Waals surface area contributed by atoms with Crippen LogP contribution in [0.5, 0.6) is 0 Å². The lowest BCUT2D eigenvalue weighted by atomic mass is 10.1. The molecule has 0 aliphatic carbocycles. The first-order valence-electron chi connectivity index (χ1n) is 6.18. The van der Waals surface area contributed by atoms with Crippen LogP contribution in [0.3, 0.4) is 0 Å². The Morgan fingerprint density at radius 1 is 1.53 bits per heavy atom. The van der Waals surface area contributed by atoms with Gasteiger partial charge in [-0.2, -0.15) is 0 Å². The van der Waals surface area contributed by atoms with Crippen molar-refractivity contribution in [2.24, 2.45) is 0 Å². The summed E-state index contributed by atoms with van der Waals surface area (Å²) in [7, 11) is 1.97. The molecule has 1 N–H and O–H groups in total. The molecule has 1 aromatic heterocycles. The van der Waals surface area contributed by atoms with E-state index in [1.165, 1.54) is 11.3 Å². The van der Waals surface area contributed by atoms with Gasteiger partial charge in [0.25, 0.3) is 0 Å². The average Bonchev–Trinajstić information content (AvgIpc) is 2.34. The van der Waals surface area contributed by atoms with Gasteiger partial charge in [0.05, 0.1) is 24.6 Å². The highest BCUT2D eigenvalue weighted by Crippen LogP contribution is 2.24. The monoisotopic (exact) mass is 235 g/mol. The standard InChI is InChI=1S/C13H21N3O/c1-10-9-17-11(2)8-16(10)13-7-15-5-4-12(13)6-14-3/h4-5,7,10-11,14H,6,8-9H2,1-3H3. The lowest BCUT2D eigenvalue weighted by Gasteiger charge is -2.39. The van der Waals surface area contributed by atoms with E-state index in [1.807, 2.05) is 19.4 Å². The molecule has 1 aliphatic heterocycles. The van der Waals surface area contributed by atoms with Crippen molar-refractivity contribution in [2.75, 3.05) is 25.1 Å². The minimum Gasteiger partial charge on any atom is -0.375 e. The summed E-state index contributed by atoms with van der Waals surface area (Å²) in [6.07, 6.45) is 4.10. The number of ether oxygens (including phenoxy) is 1. The molecule has 2 heterocycles. The van der Waals surface area contributed by atoms with Crippen molar-refractivity contribution >= 4 is 5.69 Å². The largest absolute Gasteiger partial charge is 0.375 e. The van der Waals surface area contributed by atoms with E-state index in [4.69, 9.17) is 4.74 Å². The van der Waals surface area contributed by atoms with Crippen LogP contribution < -0.4 is 10.2 Å². The molecule has 94 valence electrons. The number of nitrogens with zero attached hydrogens (tertiary/aromatic N) is 2. The molecule has 0 radical (unpaired) electrons. The maximum Gasteiger partial charge on any atom is 0.0723 e. The van der Waals surface area contributed by atoms with Crippen molar-refractivity contribution < 1.29 is 4.74 Å². The van der Waals surface area contributed by atoms with Gasteiger partial charge in [-0.1, -0.05) is 0 Å². The molecule has 17 heavy (non-hydrogen) atoms. The quantitative estimate of drug-likeness (QED) is 0.859. The van der Waals surface area contributed by atoms with Gasteiger partial charge in [-0.25, -0.2) is 0 Å². The van der Waals surface area contributed by atoms with Crippen molar-refractivity contribution in [3.63, 3.8) is 0 Å². The minimum absolute atomic E-state index is 0.286. The van der Waals surface area contributed by atoms with E-state index in [2.05, 4.69) is 35.1 Å². The summed E-state index contributed by atoms with van der Waals surface area (Å²) in [6.45, 7) is 6.91. The number of anilines is 1. The van der Waals surface area contributed by atoms with E-state index in [-0.39, 0.29) is 6.10 Å². The molecule has 4 heteroatoms. The fraction of sp³-hybridized carbons (Fsp3) is 0.615. The second-order valence-electron chi connectivity index (χ2n) is 4.68. The Bertz CT molecular complexity index is 369. The number of aromatic nitrogens is 1. The zero-order valence-corrected chi connectivity index (χ0v) is 10.8. The Kier molecular flexibility index (Phi) is 3.97. The van der Waals surface area contributed by atoms with Gasteiger partial charge in [-0.15, -0.1) is 0 Å². The summed E-state index contributed by atoms with van der Waals surface area (Å²) < 4.78 is 5.66. The van der Waals surface area contributed by atoms with Gasteiger partial charge in [0, 0.05) is 25.3 Å². The third-order valence-corrected chi connectivity index (χ3v) is 3.17. The summed E-state index contributed by atoms with van der Waals surface area (Å²) in [4.78, 5) is 6.65. The molecule has 1 aromatic rings. The maximum atomic E-state index is 5.66. The van der Waals surface area contributed by atoms with Crippen LogP contribution in [0.2, 0.25) is 0 Å². The molecule has 4 nitrogen and oxygen atoms in total. The predicted molar refractivity (Wildman–Crippen MR) is 69.2 cm³/mol. The number of pyridine rings is 1. The van der Waals surface area contributed by atoms with Crippen LogP contribution in [0.1, 0.15) is 19.4 Å². The summed E-state index contributed by atoms with van der Waals surface area (Å²) in [5, 5.41) is 3.20. The summed E-state index contributed by atoms with van der Waals surface area (Å²) in [5.41, 5.74) is 2.52. The second kappa shape index (κ2) is 5.47. The van der Waals surface area contributed by atoms with Crippen LogP contribution in [0.15, 0.2) is 18.5 Å². The highest BCUT2D eigenvalue weighted by atomic mass is 16.5. The molecule has 0 spiro atoms. The number of nitrogens with one attached hydrogen (secondary N) is 1. The van der Waals surface area contributed by atoms with Gasteiger partial charge >= 0.3 is 0 Å². The first-order chi connectivity index (χ1) is 8.22. The van der Waals surface area contributed by atoms with Crippen molar-refractivity contribution in [1.29, 1.82) is 0 Å². The smallest absolute Gasteiger partial charge is 0.0723 e. The third-order valence-electron chi connectivity index (χ3n) is 3.17. The summed E-state index contributed by atoms with van der Waals surface area (Å²) >= 11 is 0. The second-order valence-corrected chi connectivity index (χ2v) is 4.68. The van der Waals surface area contributed by atoms with E-state index in [0.29, 0.717) is 6.04 Å². The molecule has 2 rings (SSSR count). The Balaban J connectivity index is 2.25. The predicted octanol–water partition coefficient (Wildman–Crippen LogP) is 1.41. The van der Waals surface area contributed by atoms with Crippen molar-refractivity contribution in [3.8, 4) is 0 Å². The normalized spacial score (nSPS) is 25.0. The molecule has 0 aromatic carbocycles. The SMILES string of the molecule is CNCc1ccncc1N1CC(C)OCC1C. The molecule has 0 bridgehead atoms. The highest BCUT2D eigenvalue weighted by molar-refractivity contribution is 5.53. The van der Waals surface area contributed by atoms with Crippen LogP contribution in [-0.4, -0.2) is 37.3 Å². The first kappa shape index (κ1) is 12.3. The minimum atomic E-state index is 0.286. The summed E-state index contributed by atoms with van der Waals surface area (Å²) in [6, 6.07) is 2.49. The van der Waals surface area contributed by atoms with Gasteiger partial charge < -0.3 is 15.0 Å². The van der Waals surface area contributed by atoms with Crippen molar-refractivity contribution in [1.82, 2.24) is 10.3 Å². The van der Waals surface area contributed by atoms with Crippen LogP contribution in [0, 0.1) is 0 Å². The van der Waals surface area contributed by atoms with E-state index in [9.17, 15) is 0 Å². The Hall–Kier alpha value is -1.13. The lowest BCUT2D eigenvalue weighted by Crippen LogP contribution is -2.47. The van der Waals surface area contributed by atoms with Crippen LogP contribution >= 0.6 is 0 Å². The molecular weight excluding hydrogens is 214 g/mol. The van der Waals surface area contributed by atoms with Crippen LogP contribution in [-0.2, 0) is 11.3 Å². The topological polar surface area (TPSA) is 37.4 Å². The Morgan fingerprint density at radius 3 is 3.12 bits per heavy atom. The molecule has 0 amide bonds. The number of hydrogen-bond acceptors (Lipinski definition) is 4. The molecule has 1 saturated heterocycles. The van der Waals surface area contributed by atoms with E-state index >= 15 is 0 Å². The number of hydrogen-bond donors (Lipinski definition) is 1. The van der Waals surface area contributed by atoms with Gasteiger partial charge in [-0.3, -0.25) is 4.98 Å². The van der Waals surface area contributed by atoms with Crippen LogP contribution in [0.4, 0.5) is 5.69 Å². The molecule has 1 fully saturated rings. The molecule has 2 unspecified atom stereocenters. The van der Waals surface area contributed by atoms with Gasteiger partial charge in [0.2, 0.25) is 0 Å². The highest BCUT2D eigenvalue weighted by Gasteiger charge is 2.25. The van der Waals surface area contributed by atoms with Gasteiger partial charge in [-0.05, 0) is 32.5 Å². The number of rotatable bonds is 3. The molecule has 0 saturated carbocycles. The maximum absolute atomic E-state index is 5.66. The molecular formula is C13H21N3O. The van der Waals surface area contributed by atoms with Crippen molar-refractivity contribution in [3.05, 3.63) is 24.0 Å². The fourth-order valence-corrected chi connectivity index (χ4v) is 2.25. The molecule has 2 atom stereocenters. The van der Waals surface area contributed by atoms with Crippen LogP contribution in [0.25, 0.3) is 0 Å².